The first-order valence-corrected chi connectivity index (χ1v) is 8.46. The maximum Gasteiger partial charge on any atom is 0.222 e. The fourth-order valence-corrected chi connectivity index (χ4v) is 2.88. The highest BCUT2D eigenvalue weighted by atomic mass is 19.1. The van der Waals surface area contributed by atoms with E-state index in [9.17, 15) is 9.18 Å². The highest BCUT2D eigenvalue weighted by molar-refractivity contribution is 6.01. The maximum atomic E-state index is 13.9. The van der Waals surface area contributed by atoms with E-state index >= 15 is 0 Å². The summed E-state index contributed by atoms with van der Waals surface area (Å²) in [6.45, 7) is 2.43. The van der Waals surface area contributed by atoms with Gasteiger partial charge in [-0.05, 0) is 11.6 Å². The quantitative estimate of drug-likeness (QED) is 0.803. The van der Waals surface area contributed by atoms with E-state index in [1.165, 1.54) is 6.07 Å². The molecule has 130 valence electrons. The van der Waals surface area contributed by atoms with E-state index in [0.717, 1.165) is 11.3 Å². The second-order valence-electron chi connectivity index (χ2n) is 6.05. The van der Waals surface area contributed by atoms with Gasteiger partial charge in [-0.1, -0.05) is 60.6 Å². The predicted octanol–water partition coefficient (Wildman–Crippen LogP) is 3.76. The zero-order valence-corrected chi connectivity index (χ0v) is 14.2. The monoisotopic (exact) mass is 340 g/mol. The summed E-state index contributed by atoms with van der Waals surface area (Å²) >= 11 is 0. The van der Waals surface area contributed by atoms with Gasteiger partial charge in [0, 0.05) is 24.9 Å². The first kappa shape index (κ1) is 17.1. The molecule has 3 rings (SSSR count). The number of benzene rings is 2. The summed E-state index contributed by atoms with van der Waals surface area (Å²) in [5.41, 5.74) is 2.40. The van der Waals surface area contributed by atoms with Crippen molar-refractivity contribution in [2.24, 2.45) is 5.16 Å². The van der Waals surface area contributed by atoms with Crippen molar-refractivity contribution in [3.05, 3.63) is 71.5 Å². The van der Waals surface area contributed by atoms with Gasteiger partial charge in [0.1, 0.15) is 5.82 Å². The van der Waals surface area contributed by atoms with Crippen LogP contribution in [0, 0.1) is 5.82 Å². The minimum absolute atomic E-state index is 0.0278. The van der Waals surface area contributed by atoms with Gasteiger partial charge in [0.05, 0.1) is 12.3 Å². The van der Waals surface area contributed by atoms with E-state index < -0.39 is 0 Å². The number of amides is 1. The van der Waals surface area contributed by atoms with Crippen LogP contribution in [0.3, 0.4) is 0 Å². The molecule has 0 aromatic heterocycles. The molecule has 4 nitrogen and oxygen atoms in total. The van der Waals surface area contributed by atoms with E-state index in [-0.39, 0.29) is 24.4 Å². The smallest absolute Gasteiger partial charge is 0.222 e. The lowest BCUT2D eigenvalue weighted by atomic mass is 10.0. The lowest BCUT2D eigenvalue weighted by Crippen LogP contribution is -2.37. The van der Waals surface area contributed by atoms with Crippen LogP contribution >= 0.6 is 0 Å². The van der Waals surface area contributed by atoms with Gasteiger partial charge < -0.3 is 9.74 Å². The lowest BCUT2D eigenvalue weighted by Gasteiger charge is -2.24. The molecule has 1 atom stereocenters. The van der Waals surface area contributed by atoms with E-state index in [1.54, 1.807) is 30.0 Å². The Morgan fingerprint density at radius 3 is 2.64 bits per heavy atom. The molecule has 2 aromatic carbocycles. The average molecular weight is 340 g/mol. The van der Waals surface area contributed by atoms with Crippen LogP contribution in [0.15, 0.2) is 59.8 Å². The van der Waals surface area contributed by atoms with Gasteiger partial charge in [-0.2, -0.15) is 0 Å². The fourth-order valence-electron chi connectivity index (χ4n) is 2.88. The molecule has 25 heavy (non-hydrogen) atoms. The summed E-state index contributed by atoms with van der Waals surface area (Å²) < 4.78 is 13.9. The molecule has 0 unspecified atom stereocenters. The summed E-state index contributed by atoms with van der Waals surface area (Å²) in [5.74, 6) is -0.329. The molecule has 1 heterocycles. The Labute approximate surface area is 146 Å². The number of carbonyl (C=O) groups is 1. The summed E-state index contributed by atoms with van der Waals surface area (Å²) in [5, 5.41) is 4.15. The Bertz CT molecular complexity index is 761. The molecular weight excluding hydrogens is 319 g/mol. The molecule has 1 amide bonds. The highest BCUT2D eigenvalue weighted by Gasteiger charge is 2.26. The predicted molar refractivity (Wildman–Crippen MR) is 94.6 cm³/mol. The summed E-state index contributed by atoms with van der Waals surface area (Å²) in [7, 11) is 0. The van der Waals surface area contributed by atoms with E-state index in [2.05, 4.69) is 5.16 Å². The number of rotatable bonds is 6. The van der Waals surface area contributed by atoms with Crippen LogP contribution in [-0.4, -0.2) is 29.2 Å². The number of halogens is 1. The Kier molecular flexibility index (Phi) is 5.43. The number of hydrogen-bond acceptors (Lipinski definition) is 3. The van der Waals surface area contributed by atoms with E-state index in [1.807, 2.05) is 30.3 Å². The molecule has 0 saturated carbocycles. The number of nitrogens with zero attached hydrogens (tertiary/aromatic N) is 2. The zero-order chi connectivity index (χ0) is 17.6. The van der Waals surface area contributed by atoms with Crippen LogP contribution in [0.4, 0.5) is 4.39 Å². The van der Waals surface area contributed by atoms with Crippen molar-refractivity contribution in [3.63, 3.8) is 0 Å². The van der Waals surface area contributed by atoms with E-state index in [4.69, 9.17) is 4.84 Å². The SMILES string of the molecule is CCC(=O)N(Cc1ccccc1F)C[C@H]1CC(c2ccccc2)=NO1. The van der Waals surface area contributed by atoms with Crippen molar-refractivity contribution in [2.45, 2.75) is 32.4 Å². The fraction of sp³-hybridized carbons (Fsp3) is 0.300. The third kappa shape index (κ3) is 4.24. The van der Waals surface area contributed by atoms with Gasteiger partial charge in [-0.3, -0.25) is 4.79 Å². The Balaban J connectivity index is 1.66. The minimum Gasteiger partial charge on any atom is -0.390 e. The zero-order valence-electron chi connectivity index (χ0n) is 14.2. The van der Waals surface area contributed by atoms with E-state index in [0.29, 0.717) is 24.9 Å². The third-order valence-electron chi connectivity index (χ3n) is 4.24. The molecule has 0 aliphatic carbocycles. The molecule has 1 aliphatic heterocycles. The van der Waals surface area contributed by atoms with Gasteiger partial charge in [0.25, 0.3) is 0 Å². The first-order valence-electron chi connectivity index (χ1n) is 8.46. The first-order chi connectivity index (χ1) is 12.2. The van der Waals surface area contributed by atoms with Gasteiger partial charge in [0.2, 0.25) is 5.91 Å². The second kappa shape index (κ2) is 7.92. The van der Waals surface area contributed by atoms with Crippen molar-refractivity contribution in [3.8, 4) is 0 Å². The van der Waals surface area contributed by atoms with Gasteiger partial charge in [0.15, 0.2) is 6.10 Å². The average Bonchev–Trinajstić information content (AvgIpc) is 3.11. The number of oxime groups is 1. The summed E-state index contributed by atoms with van der Waals surface area (Å²) in [6.07, 6.45) is 0.792. The van der Waals surface area contributed by atoms with Crippen molar-refractivity contribution in [1.29, 1.82) is 0 Å². The molecule has 2 aromatic rings. The topological polar surface area (TPSA) is 41.9 Å². The van der Waals surface area contributed by atoms with Crippen LogP contribution in [0.25, 0.3) is 0 Å². The molecule has 1 aliphatic rings. The van der Waals surface area contributed by atoms with Crippen LogP contribution in [0.2, 0.25) is 0 Å². The van der Waals surface area contributed by atoms with Crippen molar-refractivity contribution in [1.82, 2.24) is 4.90 Å². The van der Waals surface area contributed by atoms with Crippen molar-refractivity contribution in [2.75, 3.05) is 6.54 Å². The van der Waals surface area contributed by atoms with Gasteiger partial charge in [-0.15, -0.1) is 0 Å². The number of carbonyl (C=O) groups excluding carboxylic acids is 1. The Morgan fingerprint density at radius 2 is 1.92 bits per heavy atom. The van der Waals surface area contributed by atoms with Crippen LogP contribution in [0.1, 0.15) is 30.9 Å². The summed E-state index contributed by atoms with van der Waals surface area (Å²) in [4.78, 5) is 19.4. The Morgan fingerprint density at radius 1 is 1.20 bits per heavy atom. The molecule has 0 bridgehead atoms. The molecule has 0 radical (unpaired) electrons. The van der Waals surface area contributed by atoms with Crippen molar-refractivity contribution < 1.29 is 14.0 Å². The minimum atomic E-state index is -0.301. The standard InChI is InChI=1S/C20H21FN2O2/c1-2-20(24)23(13-16-10-6-7-11-18(16)21)14-17-12-19(22-25-17)15-8-4-3-5-9-15/h3-11,17H,2,12-14H2,1H3/t17-/m1/s1. The summed E-state index contributed by atoms with van der Waals surface area (Å²) in [6, 6.07) is 16.4. The molecule has 5 heteroatoms. The van der Waals surface area contributed by atoms with Crippen LogP contribution in [0.5, 0.6) is 0 Å². The number of hydrogen-bond donors (Lipinski definition) is 0. The molecule has 0 N–H and O–H groups in total. The lowest BCUT2D eigenvalue weighted by molar-refractivity contribution is -0.133. The normalized spacial score (nSPS) is 16.2. The largest absolute Gasteiger partial charge is 0.390 e. The molecule has 0 fully saturated rings. The van der Waals surface area contributed by atoms with Crippen LogP contribution < -0.4 is 0 Å². The van der Waals surface area contributed by atoms with Gasteiger partial charge >= 0.3 is 0 Å². The van der Waals surface area contributed by atoms with Crippen LogP contribution in [-0.2, 0) is 16.2 Å². The second-order valence-corrected chi connectivity index (χ2v) is 6.05. The molecule has 0 spiro atoms. The van der Waals surface area contributed by atoms with Gasteiger partial charge in [-0.25, -0.2) is 4.39 Å². The molecule has 0 saturated heterocycles. The third-order valence-corrected chi connectivity index (χ3v) is 4.24. The van der Waals surface area contributed by atoms with Crippen molar-refractivity contribution >= 4 is 11.6 Å². The Hall–Kier alpha value is -2.69. The highest BCUT2D eigenvalue weighted by Crippen LogP contribution is 2.19. The maximum absolute atomic E-state index is 13.9. The molecular formula is C20H21FN2O2.